The summed E-state index contributed by atoms with van der Waals surface area (Å²) in [4.78, 5) is 14.4. The van der Waals surface area contributed by atoms with Crippen molar-refractivity contribution in [2.24, 2.45) is 5.92 Å². The van der Waals surface area contributed by atoms with Crippen molar-refractivity contribution in [2.45, 2.75) is 51.5 Å². The first-order valence-corrected chi connectivity index (χ1v) is 8.02. The van der Waals surface area contributed by atoms with E-state index in [-0.39, 0.29) is 5.78 Å². The number of Topliss-reactive ketones (excluding diaryl/α,β-unsaturated/α-hetero) is 1. The number of ketones is 1. The first-order valence-electron chi connectivity index (χ1n) is 8.02. The van der Waals surface area contributed by atoms with Gasteiger partial charge in [0.2, 0.25) is 0 Å². The minimum absolute atomic E-state index is 0.0902. The molecule has 2 fully saturated rings. The molecule has 0 N–H and O–H groups in total. The van der Waals surface area contributed by atoms with Gasteiger partial charge >= 0.3 is 0 Å². The lowest BCUT2D eigenvalue weighted by Crippen LogP contribution is -2.47. The normalized spacial score (nSPS) is 25.0. The Morgan fingerprint density at radius 1 is 1.24 bits per heavy atom. The number of carbonyl (C=O) groups excluding carboxylic acids is 1. The van der Waals surface area contributed by atoms with Gasteiger partial charge < -0.3 is 4.90 Å². The fourth-order valence-corrected chi connectivity index (χ4v) is 4.06. The number of hydrogen-bond donors (Lipinski definition) is 0. The van der Waals surface area contributed by atoms with Crippen LogP contribution in [0.4, 0.5) is 5.69 Å². The summed E-state index contributed by atoms with van der Waals surface area (Å²) in [5.74, 6) is 0.852. The quantitative estimate of drug-likeness (QED) is 0.772. The molecule has 3 nitrogen and oxygen atoms in total. The monoisotopic (exact) mass is 282 g/mol. The molecule has 1 aliphatic carbocycles. The highest BCUT2D eigenvalue weighted by atomic mass is 16.1. The van der Waals surface area contributed by atoms with Crippen LogP contribution in [-0.2, 0) is 0 Å². The Kier molecular flexibility index (Phi) is 3.96. The predicted octanol–water partition coefficient (Wildman–Crippen LogP) is 3.92. The molecule has 21 heavy (non-hydrogen) atoms. The van der Waals surface area contributed by atoms with E-state index in [9.17, 15) is 4.79 Å². The van der Waals surface area contributed by atoms with E-state index in [0.29, 0.717) is 11.6 Å². The van der Waals surface area contributed by atoms with E-state index in [0.717, 1.165) is 23.7 Å². The lowest BCUT2D eigenvalue weighted by atomic mass is 9.78. The highest BCUT2D eigenvalue weighted by Gasteiger charge is 2.34. The summed E-state index contributed by atoms with van der Waals surface area (Å²) in [6.45, 7) is 2.63. The van der Waals surface area contributed by atoms with E-state index < -0.39 is 0 Å². The maximum atomic E-state index is 12.0. The van der Waals surface area contributed by atoms with Crippen molar-refractivity contribution < 1.29 is 4.79 Å². The second-order valence-corrected chi connectivity index (χ2v) is 6.35. The fraction of sp³-hybridized carbons (Fsp3) is 0.556. The molecule has 1 heterocycles. The maximum Gasteiger partial charge on any atom is 0.161 e. The van der Waals surface area contributed by atoms with Crippen molar-refractivity contribution in [2.75, 3.05) is 11.4 Å². The molecule has 3 heteroatoms. The Morgan fingerprint density at radius 3 is 2.76 bits per heavy atom. The van der Waals surface area contributed by atoms with Gasteiger partial charge in [0.25, 0.3) is 0 Å². The average molecular weight is 282 g/mol. The fourth-order valence-electron chi connectivity index (χ4n) is 4.06. The van der Waals surface area contributed by atoms with Crippen molar-refractivity contribution in [1.82, 2.24) is 0 Å². The largest absolute Gasteiger partial charge is 0.368 e. The molecule has 110 valence electrons. The zero-order chi connectivity index (χ0) is 14.8. The SMILES string of the molecule is CC(=O)c1ccc(C#N)cc1N1CCC[C@H]2CCCC[C@H]21. The van der Waals surface area contributed by atoms with Gasteiger partial charge in [-0.15, -0.1) is 0 Å². The molecule has 3 rings (SSSR count). The topological polar surface area (TPSA) is 44.1 Å². The number of piperidine rings is 1. The van der Waals surface area contributed by atoms with Crippen LogP contribution in [0.25, 0.3) is 0 Å². The predicted molar refractivity (Wildman–Crippen MR) is 83.5 cm³/mol. The Balaban J connectivity index is 2.01. The molecule has 1 aromatic rings. The van der Waals surface area contributed by atoms with Crippen LogP contribution in [0.5, 0.6) is 0 Å². The second kappa shape index (κ2) is 5.89. The number of benzene rings is 1. The molecule has 1 aromatic carbocycles. The maximum absolute atomic E-state index is 12.0. The summed E-state index contributed by atoms with van der Waals surface area (Å²) >= 11 is 0. The van der Waals surface area contributed by atoms with E-state index in [1.54, 1.807) is 13.0 Å². The van der Waals surface area contributed by atoms with Crippen LogP contribution in [0.2, 0.25) is 0 Å². The van der Waals surface area contributed by atoms with Gasteiger partial charge in [-0.1, -0.05) is 12.8 Å². The van der Waals surface area contributed by atoms with Crippen LogP contribution in [-0.4, -0.2) is 18.4 Å². The number of rotatable bonds is 2. The summed E-state index contributed by atoms with van der Waals surface area (Å²) in [5, 5.41) is 9.17. The molecular weight excluding hydrogens is 260 g/mol. The molecule has 0 aromatic heterocycles. The molecule has 0 spiro atoms. The van der Waals surface area contributed by atoms with E-state index in [2.05, 4.69) is 11.0 Å². The lowest BCUT2D eigenvalue weighted by molar-refractivity contribution is 0.101. The molecule has 1 saturated carbocycles. The third-order valence-electron chi connectivity index (χ3n) is 5.06. The molecule has 2 atom stereocenters. The first kappa shape index (κ1) is 14.1. The van der Waals surface area contributed by atoms with Gasteiger partial charge in [-0.2, -0.15) is 5.26 Å². The molecule has 1 aliphatic heterocycles. The number of carbonyl (C=O) groups is 1. The van der Waals surface area contributed by atoms with E-state index in [1.807, 2.05) is 12.1 Å². The van der Waals surface area contributed by atoms with E-state index in [4.69, 9.17) is 5.26 Å². The third kappa shape index (κ3) is 2.68. The smallest absolute Gasteiger partial charge is 0.161 e. The molecule has 2 aliphatic rings. The highest BCUT2D eigenvalue weighted by molar-refractivity contribution is 6.00. The summed E-state index contributed by atoms with van der Waals surface area (Å²) < 4.78 is 0. The van der Waals surface area contributed by atoms with Gasteiger partial charge in [0, 0.05) is 23.8 Å². The third-order valence-corrected chi connectivity index (χ3v) is 5.06. The standard InChI is InChI=1S/C18H22N2O/c1-13(21)16-9-8-14(12-19)11-18(16)20-10-4-6-15-5-2-3-7-17(15)20/h8-9,11,15,17H,2-7,10H2,1H3/t15-,17-/m1/s1. The van der Waals surface area contributed by atoms with Gasteiger partial charge in [0.1, 0.15) is 0 Å². The van der Waals surface area contributed by atoms with Gasteiger partial charge in [0.05, 0.1) is 11.6 Å². The van der Waals surface area contributed by atoms with Gasteiger partial charge in [-0.05, 0) is 56.7 Å². The minimum Gasteiger partial charge on any atom is -0.368 e. The lowest BCUT2D eigenvalue weighted by Gasteiger charge is -2.46. The Bertz CT molecular complexity index is 585. The number of anilines is 1. The van der Waals surface area contributed by atoms with Crippen molar-refractivity contribution >= 4 is 11.5 Å². The molecule has 0 unspecified atom stereocenters. The van der Waals surface area contributed by atoms with Crippen molar-refractivity contribution in [1.29, 1.82) is 5.26 Å². The molecule has 1 saturated heterocycles. The van der Waals surface area contributed by atoms with Crippen LogP contribution in [0.1, 0.15) is 61.4 Å². The van der Waals surface area contributed by atoms with Crippen molar-refractivity contribution in [3.05, 3.63) is 29.3 Å². The Labute approximate surface area is 126 Å². The van der Waals surface area contributed by atoms with E-state index in [1.165, 1.54) is 38.5 Å². The zero-order valence-corrected chi connectivity index (χ0v) is 12.6. The summed E-state index contributed by atoms with van der Waals surface area (Å²) in [7, 11) is 0. The van der Waals surface area contributed by atoms with Gasteiger partial charge in [-0.3, -0.25) is 4.79 Å². The van der Waals surface area contributed by atoms with Crippen LogP contribution >= 0.6 is 0 Å². The zero-order valence-electron chi connectivity index (χ0n) is 12.6. The summed E-state index contributed by atoms with van der Waals surface area (Å²) in [6, 6.07) is 8.25. The number of hydrogen-bond acceptors (Lipinski definition) is 3. The van der Waals surface area contributed by atoms with Crippen LogP contribution < -0.4 is 4.90 Å². The number of nitrogens with zero attached hydrogens (tertiary/aromatic N) is 2. The summed E-state index contributed by atoms with van der Waals surface area (Å²) in [5.41, 5.74) is 2.39. The first-order chi connectivity index (χ1) is 10.2. The number of fused-ring (bicyclic) bond motifs is 1. The summed E-state index contributed by atoms with van der Waals surface area (Å²) in [6.07, 6.45) is 7.66. The Morgan fingerprint density at radius 2 is 2.00 bits per heavy atom. The molecule has 0 radical (unpaired) electrons. The van der Waals surface area contributed by atoms with Crippen LogP contribution in [0.3, 0.4) is 0 Å². The van der Waals surface area contributed by atoms with Crippen molar-refractivity contribution in [3.63, 3.8) is 0 Å². The van der Waals surface area contributed by atoms with Crippen LogP contribution in [0, 0.1) is 17.2 Å². The minimum atomic E-state index is 0.0902. The van der Waals surface area contributed by atoms with Crippen molar-refractivity contribution in [3.8, 4) is 6.07 Å². The molecule has 0 bridgehead atoms. The average Bonchev–Trinajstić information content (AvgIpc) is 2.53. The number of nitriles is 1. The Hall–Kier alpha value is -1.82. The van der Waals surface area contributed by atoms with Gasteiger partial charge in [0.15, 0.2) is 5.78 Å². The molecule has 0 amide bonds. The van der Waals surface area contributed by atoms with E-state index >= 15 is 0 Å². The van der Waals surface area contributed by atoms with Crippen LogP contribution in [0.15, 0.2) is 18.2 Å². The highest BCUT2D eigenvalue weighted by Crippen LogP contribution is 2.39. The second-order valence-electron chi connectivity index (χ2n) is 6.35. The molecular formula is C18H22N2O. The van der Waals surface area contributed by atoms with Gasteiger partial charge in [-0.25, -0.2) is 0 Å².